The molecule has 2 fully saturated rings. The minimum absolute atomic E-state index is 0.0269. The van der Waals surface area contributed by atoms with Crippen LogP contribution in [0.1, 0.15) is 23.1 Å². The molecule has 2 aromatic rings. The van der Waals surface area contributed by atoms with Gasteiger partial charge in [0.05, 0.1) is 23.0 Å². The van der Waals surface area contributed by atoms with Crippen molar-refractivity contribution in [2.45, 2.75) is 38.1 Å². The molecule has 2 saturated heterocycles. The summed E-state index contributed by atoms with van der Waals surface area (Å²) in [7, 11) is -3.66. The Morgan fingerprint density at radius 2 is 1.47 bits per heavy atom. The molecule has 0 N–H and O–H groups in total. The van der Waals surface area contributed by atoms with Crippen molar-refractivity contribution in [1.82, 2.24) is 9.21 Å². The number of carbonyl (C=O) groups excluding carboxylic acids is 2. The van der Waals surface area contributed by atoms with E-state index in [1.54, 1.807) is 13.8 Å². The highest BCUT2D eigenvalue weighted by atomic mass is 32.2. The normalized spacial score (nSPS) is 20.9. The highest BCUT2D eigenvalue weighted by Gasteiger charge is 2.44. The Kier molecular flexibility index (Phi) is 5.91. The first-order valence-corrected chi connectivity index (χ1v) is 12.0. The molecule has 2 aliphatic rings. The summed E-state index contributed by atoms with van der Waals surface area (Å²) in [6.07, 6.45) is 0.0269. The molecule has 170 valence electrons. The molecule has 2 aromatic carbocycles. The van der Waals surface area contributed by atoms with Crippen molar-refractivity contribution in [2.24, 2.45) is 0 Å². The molecule has 9 heteroatoms. The third-order valence-corrected chi connectivity index (χ3v) is 8.33. The summed E-state index contributed by atoms with van der Waals surface area (Å²) in [5, 5.41) is 0. The molecular weight excluding hydrogens is 433 g/mol. The van der Waals surface area contributed by atoms with Crippen molar-refractivity contribution in [3.05, 3.63) is 58.9 Å². The SMILES string of the molecule is Cc1cc(C)c(S(=O)(=O)N2CCN([C@H]3CC(=O)N(c4ccc(F)cc4)C3=O)CC2)c(C)c1. The second-order valence-corrected chi connectivity index (χ2v) is 10.3. The number of carbonyl (C=O) groups is 2. The number of imide groups is 1. The number of benzene rings is 2. The first kappa shape index (κ1) is 22.6. The Morgan fingerprint density at radius 1 is 0.906 bits per heavy atom. The Hall–Kier alpha value is -2.62. The molecule has 1 atom stereocenters. The summed E-state index contributed by atoms with van der Waals surface area (Å²) in [5.41, 5.74) is 2.79. The molecule has 0 spiro atoms. The average molecular weight is 460 g/mol. The summed E-state index contributed by atoms with van der Waals surface area (Å²) in [6, 6.07) is 8.32. The number of halogens is 1. The Labute approximate surface area is 187 Å². The maximum Gasteiger partial charge on any atom is 0.251 e. The van der Waals surface area contributed by atoms with E-state index >= 15 is 0 Å². The number of hydrogen-bond donors (Lipinski definition) is 0. The van der Waals surface area contributed by atoms with Crippen LogP contribution in [0.4, 0.5) is 10.1 Å². The number of rotatable bonds is 4. The minimum Gasteiger partial charge on any atom is -0.289 e. The second-order valence-electron chi connectivity index (χ2n) is 8.43. The minimum atomic E-state index is -3.66. The monoisotopic (exact) mass is 459 g/mol. The van der Waals surface area contributed by atoms with Gasteiger partial charge in [-0.25, -0.2) is 17.7 Å². The number of aryl methyl sites for hydroxylation is 3. The van der Waals surface area contributed by atoms with Crippen LogP contribution in [0.5, 0.6) is 0 Å². The third-order valence-electron chi connectivity index (χ3n) is 6.12. The molecule has 7 nitrogen and oxygen atoms in total. The molecule has 4 rings (SSSR count). The lowest BCUT2D eigenvalue weighted by molar-refractivity contribution is -0.123. The fourth-order valence-corrected chi connectivity index (χ4v) is 6.55. The maximum absolute atomic E-state index is 13.3. The van der Waals surface area contributed by atoms with Gasteiger partial charge >= 0.3 is 0 Å². The van der Waals surface area contributed by atoms with Gasteiger partial charge in [0.2, 0.25) is 15.9 Å². The van der Waals surface area contributed by atoms with Gasteiger partial charge in [-0.05, 0) is 56.2 Å². The number of hydrogen-bond acceptors (Lipinski definition) is 5. The van der Waals surface area contributed by atoms with Crippen molar-refractivity contribution in [1.29, 1.82) is 0 Å². The van der Waals surface area contributed by atoms with Crippen molar-refractivity contribution in [3.63, 3.8) is 0 Å². The van der Waals surface area contributed by atoms with E-state index in [9.17, 15) is 22.4 Å². The predicted molar refractivity (Wildman–Crippen MR) is 118 cm³/mol. The number of nitrogens with zero attached hydrogens (tertiary/aromatic N) is 3. The molecule has 32 heavy (non-hydrogen) atoms. The van der Waals surface area contributed by atoms with E-state index in [0.29, 0.717) is 23.7 Å². The standard InChI is InChI=1S/C23H26FN3O4S/c1-15-12-16(2)22(17(3)13-15)32(30,31)26-10-8-25(9-11-26)20-14-21(28)27(23(20)29)19-6-4-18(24)5-7-19/h4-7,12-13,20H,8-11,14H2,1-3H3/t20-/m0/s1. The maximum atomic E-state index is 13.3. The Balaban J connectivity index is 1.48. The van der Waals surface area contributed by atoms with Crippen LogP contribution in [-0.2, 0) is 19.6 Å². The molecule has 2 heterocycles. The molecule has 0 aromatic heterocycles. The molecule has 0 saturated carbocycles. The highest BCUT2D eigenvalue weighted by molar-refractivity contribution is 7.89. The Bertz CT molecular complexity index is 1150. The van der Waals surface area contributed by atoms with Crippen molar-refractivity contribution < 1.29 is 22.4 Å². The van der Waals surface area contributed by atoms with E-state index < -0.39 is 21.9 Å². The molecule has 0 bridgehead atoms. The number of amides is 2. The summed E-state index contributed by atoms with van der Waals surface area (Å²) in [4.78, 5) is 28.8. The summed E-state index contributed by atoms with van der Waals surface area (Å²) >= 11 is 0. The van der Waals surface area contributed by atoms with Gasteiger partial charge in [0.15, 0.2) is 0 Å². The van der Waals surface area contributed by atoms with Crippen LogP contribution >= 0.6 is 0 Å². The van der Waals surface area contributed by atoms with Crippen LogP contribution in [0.2, 0.25) is 0 Å². The Morgan fingerprint density at radius 3 is 2.03 bits per heavy atom. The zero-order chi connectivity index (χ0) is 23.2. The van der Waals surface area contributed by atoms with Gasteiger partial charge in [-0.15, -0.1) is 0 Å². The van der Waals surface area contributed by atoms with E-state index in [2.05, 4.69) is 0 Å². The van der Waals surface area contributed by atoms with E-state index in [0.717, 1.165) is 21.6 Å². The first-order valence-electron chi connectivity index (χ1n) is 10.5. The van der Waals surface area contributed by atoms with Gasteiger partial charge in [-0.2, -0.15) is 4.31 Å². The lowest BCUT2D eigenvalue weighted by Gasteiger charge is -2.36. The smallest absolute Gasteiger partial charge is 0.251 e. The van der Waals surface area contributed by atoms with Crippen LogP contribution in [0.15, 0.2) is 41.3 Å². The van der Waals surface area contributed by atoms with Gasteiger partial charge in [0.1, 0.15) is 5.82 Å². The van der Waals surface area contributed by atoms with E-state index in [1.807, 2.05) is 24.0 Å². The van der Waals surface area contributed by atoms with E-state index in [-0.39, 0.29) is 31.3 Å². The van der Waals surface area contributed by atoms with Crippen LogP contribution in [0, 0.1) is 26.6 Å². The quantitative estimate of drug-likeness (QED) is 0.656. The molecular formula is C23H26FN3O4S. The van der Waals surface area contributed by atoms with Crippen LogP contribution in [0.3, 0.4) is 0 Å². The van der Waals surface area contributed by atoms with Crippen LogP contribution in [0.25, 0.3) is 0 Å². The third kappa shape index (κ3) is 3.96. The number of sulfonamides is 1. The van der Waals surface area contributed by atoms with Crippen LogP contribution in [-0.4, -0.2) is 61.7 Å². The first-order chi connectivity index (χ1) is 15.1. The summed E-state index contributed by atoms with van der Waals surface area (Å²) in [5.74, 6) is -1.14. The predicted octanol–water partition coefficient (Wildman–Crippen LogP) is 2.39. The number of anilines is 1. The van der Waals surface area contributed by atoms with Gasteiger partial charge in [-0.3, -0.25) is 14.5 Å². The van der Waals surface area contributed by atoms with Crippen LogP contribution < -0.4 is 4.90 Å². The van der Waals surface area contributed by atoms with E-state index in [1.165, 1.54) is 28.6 Å². The fraction of sp³-hybridized carbons (Fsp3) is 0.391. The van der Waals surface area contributed by atoms with Gasteiger partial charge in [-0.1, -0.05) is 17.7 Å². The second kappa shape index (κ2) is 8.38. The molecule has 2 aliphatic heterocycles. The molecule has 0 unspecified atom stereocenters. The largest absolute Gasteiger partial charge is 0.289 e. The van der Waals surface area contributed by atoms with Gasteiger partial charge in [0.25, 0.3) is 5.91 Å². The van der Waals surface area contributed by atoms with Crippen molar-refractivity contribution >= 4 is 27.5 Å². The average Bonchev–Trinajstić information content (AvgIpc) is 3.02. The van der Waals surface area contributed by atoms with Gasteiger partial charge < -0.3 is 0 Å². The molecule has 2 amide bonds. The molecule has 0 radical (unpaired) electrons. The van der Waals surface area contributed by atoms with Gasteiger partial charge in [0, 0.05) is 26.2 Å². The zero-order valence-corrected chi connectivity index (χ0v) is 19.2. The fourth-order valence-electron chi connectivity index (χ4n) is 4.72. The van der Waals surface area contributed by atoms with E-state index in [4.69, 9.17) is 0 Å². The summed E-state index contributed by atoms with van der Waals surface area (Å²) < 4.78 is 41.3. The lowest BCUT2D eigenvalue weighted by atomic mass is 10.1. The topological polar surface area (TPSA) is 78.0 Å². The zero-order valence-electron chi connectivity index (χ0n) is 18.3. The van der Waals surface area contributed by atoms with Crippen molar-refractivity contribution in [3.8, 4) is 0 Å². The van der Waals surface area contributed by atoms with Crippen molar-refractivity contribution in [2.75, 3.05) is 31.1 Å². The summed E-state index contributed by atoms with van der Waals surface area (Å²) in [6.45, 7) is 6.72. The lowest BCUT2D eigenvalue weighted by Crippen LogP contribution is -2.53. The number of piperazine rings is 1. The molecule has 0 aliphatic carbocycles. The highest BCUT2D eigenvalue weighted by Crippen LogP contribution is 2.29.